The monoisotopic (exact) mass is 474 g/mol. The second-order valence-electron chi connectivity index (χ2n) is 11.3. The fourth-order valence-electron chi connectivity index (χ4n) is 6.58. The van der Waals surface area contributed by atoms with E-state index in [0.29, 0.717) is 0 Å². The van der Waals surface area contributed by atoms with E-state index in [2.05, 4.69) is 102 Å². The van der Waals surface area contributed by atoms with E-state index < -0.39 is 8.07 Å². The Kier molecular flexibility index (Phi) is 4.36. The van der Waals surface area contributed by atoms with Crippen molar-refractivity contribution in [1.29, 1.82) is 0 Å². The first kappa shape index (κ1) is 22.2. The number of hydrogen-bond donors (Lipinski definition) is 2. The number of rotatable bonds is 2. The molecule has 2 aliphatic carbocycles. The summed E-state index contributed by atoms with van der Waals surface area (Å²) in [5, 5.41) is 5.63. The molecular formula is C32H34N2Si. The Morgan fingerprint density at radius 1 is 0.571 bits per heavy atom. The maximum atomic E-state index is 4.43. The predicted molar refractivity (Wildman–Crippen MR) is 157 cm³/mol. The number of allylic oxidation sites excluding steroid dienone is 6. The van der Waals surface area contributed by atoms with Crippen molar-refractivity contribution in [3.05, 3.63) is 82.2 Å². The molecule has 35 heavy (non-hydrogen) atoms. The molecule has 6 rings (SSSR count). The lowest BCUT2D eigenvalue weighted by Crippen LogP contribution is -2.55. The smallest absolute Gasteiger partial charge is 0.112 e. The van der Waals surface area contributed by atoms with Gasteiger partial charge in [0, 0.05) is 32.9 Å². The van der Waals surface area contributed by atoms with Gasteiger partial charge in [-0.3, -0.25) is 0 Å². The Bertz CT molecular complexity index is 1620. The Morgan fingerprint density at radius 3 is 1.31 bits per heavy atom. The number of H-pyrrole nitrogens is 2. The van der Waals surface area contributed by atoms with Crippen molar-refractivity contribution >= 4 is 62.5 Å². The molecule has 0 atom stereocenters. The third-order valence-electron chi connectivity index (χ3n) is 9.02. The molecule has 0 fully saturated rings. The van der Waals surface area contributed by atoms with Crippen molar-refractivity contribution in [2.24, 2.45) is 0 Å². The summed E-state index contributed by atoms with van der Waals surface area (Å²) >= 11 is 0. The van der Waals surface area contributed by atoms with E-state index in [9.17, 15) is 0 Å². The largest absolute Gasteiger partial charge is 0.354 e. The van der Waals surface area contributed by atoms with Crippen molar-refractivity contribution in [2.75, 3.05) is 0 Å². The Balaban J connectivity index is 1.57. The first-order chi connectivity index (χ1) is 16.4. The third kappa shape index (κ3) is 2.70. The van der Waals surface area contributed by atoms with Crippen LogP contribution < -0.4 is 10.4 Å². The van der Waals surface area contributed by atoms with E-state index in [1.165, 1.54) is 88.1 Å². The molecule has 0 bridgehead atoms. The van der Waals surface area contributed by atoms with E-state index in [1.807, 2.05) is 0 Å². The molecule has 2 N–H and O–H groups in total. The van der Waals surface area contributed by atoms with Crippen LogP contribution in [-0.4, -0.2) is 18.0 Å². The molecule has 2 nitrogen and oxygen atoms in total. The molecule has 2 aliphatic rings. The molecule has 0 unspecified atom stereocenters. The molecular weight excluding hydrogens is 440 g/mol. The number of fused-ring (bicyclic) bond motifs is 6. The van der Waals surface area contributed by atoms with Crippen LogP contribution in [0.3, 0.4) is 0 Å². The highest BCUT2D eigenvalue weighted by molar-refractivity contribution is 7.01. The maximum absolute atomic E-state index is 4.43. The molecule has 2 aromatic heterocycles. The van der Waals surface area contributed by atoms with Gasteiger partial charge in [0.05, 0.1) is 11.4 Å². The van der Waals surface area contributed by atoms with Crippen molar-refractivity contribution in [2.45, 2.75) is 54.6 Å². The van der Waals surface area contributed by atoms with Gasteiger partial charge in [0.25, 0.3) is 0 Å². The number of nitrogens with one attached hydrogen (secondary N) is 2. The third-order valence-corrected chi connectivity index (χ3v) is 12.8. The average molecular weight is 475 g/mol. The molecule has 176 valence electrons. The second kappa shape index (κ2) is 6.89. The first-order valence-electron chi connectivity index (χ1n) is 12.5. The second-order valence-corrected chi connectivity index (χ2v) is 15.6. The number of benzene rings is 2. The van der Waals surface area contributed by atoms with Crippen LogP contribution in [0.25, 0.3) is 44.1 Å². The van der Waals surface area contributed by atoms with Gasteiger partial charge in [-0.05, 0) is 98.2 Å². The predicted octanol–water partition coefficient (Wildman–Crippen LogP) is 7.73. The number of aromatic nitrogens is 2. The van der Waals surface area contributed by atoms with Crippen molar-refractivity contribution in [1.82, 2.24) is 9.97 Å². The summed E-state index contributed by atoms with van der Waals surface area (Å²) in [6.45, 7) is 27.2. The lowest BCUT2D eigenvalue weighted by atomic mass is 10.0. The van der Waals surface area contributed by atoms with Gasteiger partial charge in [-0.25, -0.2) is 0 Å². The van der Waals surface area contributed by atoms with E-state index in [-0.39, 0.29) is 0 Å². The van der Waals surface area contributed by atoms with Gasteiger partial charge in [0.15, 0.2) is 0 Å². The van der Waals surface area contributed by atoms with Crippen LogP contribution in [0.1, 0.15) is 61.3 Å². The van der Waals surface area contributed by atoms with Crippen LogP contribution in [0.5, 0.6) is 0 Å². The highest BCUT2D eigenvalue weighted by Gasteiger charge is 2.33. The summed E-state index contributed by atoms with van der Waals surface area (Å²) in [7, 11) is -2.02. The molecule has 0 spiro atoms. The van der Waals surface area contributed by atoms with Gasteiger partial charge in [-0.2, -0.15) is 0 Å². The molecule has 2 aromatic carbocycles. The molecule has 0 saturated heterocycles. The molecule has 3 heteroatoms. The lowest BCUT2D eigenvalue weighted by Gasteiger charge is -2.28. The summed E-state index contributed by atoms with van der Waals surface area (Å²) < 4.78 is 0. The van der Waals surface area contributed by atoms with Gasteiger partial charge in [0.2, 0.25) is 0 Å². The number of aryl methyl sites for hydroxylation is 2. The zero-order chi connectivity index (χ0) is 25.1. The van der Waals surface area contributed by atoms with E-state index >= 15 is 0 Å². The fraction of sp³-hybridized carbons (Fsp3) is 0.250. The highest BCUT2D eigenvalue weighted by Crippen LogP contribution is 2.45. The van der Waals surface area contributed by atoms with Crippen molar-refractivity contribution < 1.29 is 0 Å². The van der Waals surface area contributed by atoms with Crippen LogP contribution in [0.4, 0.5) is 0 Å². The summed E-state index contributed by atoms with van der Waals surface area (Å²) in [5.41, 5.74) is 17.8. The lowest BCUT2D eigenvalue weighted by molar-refractivity contribution is 1.37. The highest BCUT2D eigenvalue weighted by atomic mass is 28.3. The Hall–Kier alpha value is -3.30. The van der Waals surface area contributed by atoms with Gasteiger partial charge >= 0.3 is 0 Å². The van der Waals surface area contributed by atoms with E-state index in [0.717, 1.165) is 11.1 Å². The molecule has 0 saturated carbocycles. The van der Waals surface area contributed by atoms with Gasteiger partial charge < -0.3 is 9.97 Å². The Labute approximate surface area is 209 Å². The minimum absolute atomic E-state index is 1.16. The zero-order valence-corrected chi connectivity index (χ0v) is 23.2. The summed E-state index contributed by atoms with van der Waals surface area (Å²) in [6, 6.07) is 9.66. The summed E-state index contributed by atoms with van der Waals surface area (Å²) in [4.78, 5) is 7.40. The first-order valence-corrected chi connectivity index (χ1v) is 15.5. The molecule has 0 aliphatic heterocycles. The fourth-order valence-corrected chi connectivity index (χ4v) is 10.0. The molecule has 0 radical (unpaired) electrons. The van der Waals surface area contributed by atoms with E-state index in [1.54, 1.807) is 0 Å². The van der Waals surface area contributed by atoms with Gasteiger partial charge in [0.1, 0.15) is 8.07 Å². The van der Waals surface area contributed by atoms with Crippen molar-refractivity contribution in [3.8, 4) is 0 Å². The van der Waals surface area contributed by atoms with Gasteiger partial charge in [-0.15, -0.1) is 0 Å². The Morgan fingerprint density at radius 2 is 0.943 bits per heavy atom. The quantitative estimate of drug-likeness (QED) is 0.279. The van der Waals surface area contributed by atoms with Crippen LogP contribution in [-0.2, 0) is 0 Å². The summed E-state index contributed by atoms with van der Waals surface area (Å²) in [5.74, 6) is 0. The van der Waals surface area contributed by atoms with Crippen LogP contribution >= 0.6 is 0 Å². The standard InChI is InChI=1S/C32H34N2Si/c1-15-11-25-23(29-19(5)17(3)21(7)31(29)33-25)13-27(15)35(9,10)28-14-24-26(12-16(28)2)34-32-22(8)18(4)20(6)30(24)32/h11-14,33-34H,5-6H2,1-4,7-10H3. The number of aromatic amines is 2. The van der Waals surface area contributed by atoms with Crippen LogP contribution in [0.2, 0.25) is 13.1 Å². The van der Waals surface area contributed by atoms with E-state index in [4.69, 9.17) is 0 Å². The zero-order valence-electron chi connectivity index (χ0n) is 22.2. The number of hydrogen-bond acceptors (Lipinski definition) is 0. The normalized spacial score (nSPS) is 15.9. The minimum Gasteiger partial charge on any atom is -0.354 e. The van der Waals surface area contributed by atoms with Crippen molar-refractivity contribution in [3.63, 3.8) is 0 Å². The minimum atomic E-state index is -2.02. The maximum Gasteiger partial charge on any atom is 0.112 e. The molecule has 4 aromatic rings. The summed E-state index contributed by atoms with van der Waals surface area (Å²) in [6.07, 6.45) is 0. The molecule has 0 amide bonds. The van der Waals surface area contributed by atoms with Crippen LogP contribution in [0, 0.1) is 13.8 Å². The van der Waals surface area contributed by atoms with Gasteiger partial charge in [-0.1, -0.05) is 48.8 Å². The average Bonchev–Trinajstić information content (AvgIpc) is 3.47. The SMILES string of the molecule is C=C1C(C)=C(C)c2[nH]c3cc(C)c([Si](C)(C)c4cc5c6c([nH]c5cc4C)C(C)=C(C)C6=C)cc3c21. The topological polar surface area (TPSA) is 31.6 Å². The van der Waals surface area contributed by atoms with Crippen LogP contribution in [0.15, 0.2) is 48.6 Å². The molecule has 2 heterocycles.